The molecule has 0 saturated carbocycles. The van der Waals surface area contributed by atoms with Crippen molar-refractivity contribution < 1.29 is 13.2 Å². The van der Waals surface area contributed by atoms with Crippen molar-refractivity contribution in [3.63, 3.8) is 0 Å². The van der Waals surface area contributed by atoms with Crippen molar-refractivity contribution >= 4 is 27.3 Å². The molecular weight excluding hydrogens is 341 g/mol. The van der Waals surface area contributed by atoms with Gasteiger partial charge < -0.3 is 0 Å². The molecule has 0 aliphatic carbocycles. The summed E-state index contributed by atoms with van der Waals surface area (Å²) < 4.78 is 41.1. The molecule has 1 atom stereocenters. The highest BCUT2D eigenvalue weighted by Gasteiger charge is 2.21. The Morgan fingerprint density at radius 1 is 1.21 bits per heavy atom. The van der Waals surface area contributed by atoms with Gasteiger partial charge in [0, 0.05) is 38.8 Å². The maximum absolute atomic E-state index is 13.7. The van der Waals surface area contributed by atoms with E-state index in [4.69, 9.17) is 5.84 Å². The van der Waals surface area contributed by atoms with Gasteiger partial charge in [-0.1, -0.05) is 0 Å². The summed E-state index contributed by atoms with van der Waals surface area (Å²) in [5.74, 6) is 2.50. The van der Waals surface area contributed by atoms with Crippen molar-refractivity contribution in [3.8, 4) is 0 Å². The van der Waals surface area contributed by atoms with Crippen molar-refractivity contribution in [2.24, 2.45) is 5.84 Å². The van der Waals surface area contributed by atoms with Crippen LogP contribution in [0.4, 0.5) is 13.2 Å². The highest BCUT2D eigenvalue weighted by atomic mass is 79.9. The molecule has 1 heterocycles. The summed E-state index contributed by atoms with van der Waals surface area (Å²) in [4.78, 5) is 0.901. The van der Waals surface area contributed by atoms with E-state index < -0.39 is 23.5 Å². The third-order valence-corrected chi connectivity index (χ3v) is 4.34. The standard InChI is InChI=1S/C12H10BrF3N2S/c13-6-1-8(19-5-6)4-11(18-17)12-9(15)2-7(14)3-10(12)16/h1-3,5,11,18H,4,17H2. The largest absolute Gasteiger partial charge is 0.271 e. The molecule has 0 bridgehead atoms. The van der Waals surface area contributed by atoms with Gasteiger partial charge >= 0.3 is 0 Å². The van der Waals surface area contributed by atoms with Crippen LogP contribution in [-0.4, -0.2) is 0 Å². The first-order valence-electron chi connectivity index (χ1n) is 5.34. The number of nitrogens with one attached hydrogen (secondary N) is 1. The fraction of sp³-hybridized carbons (Fsp3) is 0.167. The number of benzene rings is 1. The number of hydrogen-bond donors (Lipinski definition) is 2. The van der Waals surface area contributed by atoms with E-state index in [-0.39, 0.29) is 5.56 Å². The number of rotatable bonds is 4. The fourth-order valence-electron chi connectivity index (χ4n) is 1.79. The average molecular weight is 351 g/mol. The first-order valence-corrected chi connectivity index (χ1v) is 7.02. The van der Waals surface area contributed by atoms with Crippen molar-refractivity contribution in [1.29, 1.82) is 0 Å². The Hall–Kier alpha value is -0.890. The molecule has 0 fully saturated rings. The quantitative estimate of drug-likeness (QED) is 0.652. The van der Waals surface area contributed by atoms with Crippen LogP contribution in [0, 0.1) is 17.5 Å². The van der Waals surface area contributed by atoms with E-state index in [0.717, 1.165) is 9.35 Å². The van der Waals surface area contributed by atoms with Crippen LogP contribution < -0.4 is 11.3 Å². The summed E-state index contributed by atoms with van der Waals surface area (Å²) in [6.45, 7) is 0. The van der Waals surface area contributed by atoms with Crippen molar-refractivity contribution in [2.75, 3.05) is 0 Å². The van der Waals surface area contributed by atoms with E-state index in [1.165, 1.54) is 11.3 Å². The number of halogens is 4. The average Bonchev–Trinajstić information content (AvgIpc) is 2.72. The molecule has 1 unspecified atom stereocenters. The van der Waals surface area contributed by atoms with Gasteiger partial charge in [-0.2, -0.15) is 0 Å². The molecule has 102 valence electrons. The molecule has 1 aromatic carbocycles. The Labute approximate surface area is 120 Å². The zero-order chi connectivity index (χ0) is 14.0. The number of hydrazine groups is 1. The van der Waals surface area contributed by atoms with Gasteiger partial charge in [0.2, 0.25) is 0 Å². The van der Waals surface area contributed by atoms with Gasteiger partial charge in [-0.3, -0.25) is 11.3 Å². The van der Waals surface area contributed by atoms with E-state index >= 15 is 0 Å². The maximum Gasteiger partial charge on any atom is 0.133 e. The Morgan fingerprint density at radius 3 is 2.32 bits per heavy atom. The van der Waals surface area contributed by atoms with Crippen LogP contribution in [-0.2, 0) is 6.42 Å². The molecule has 0 spiro atoms. The van der Waals surface area contributed by atoms with E-state index in [0.29, 0.717) is 18.6 Å². The smallest absolute Gasteiger partial charge is 0.133 e. The van der Waals surface area contributed by atoms with Gasteiger partial charge in [-0.25, -0.2) is 13.2 Å². The molecule has 2 rings (SSSR count). The summed E-state index contributed by atoms with van der Waals surface area (Å²) in [7, 11) is 0. The monoisotopic (exact) mass is 350 g/mol. The third-order valence-electron chi connectivity index (χ3n) is 2.62. The van der Waals surface area contributed by atoms with Crippen LogP contribution in [0.15, 0.2) is 28.1 Å². The SMILES string of the molecule is NNC(Cc1cc(Br)cs1)c1c(F)cc(F)cc1F. The Kier molecular flexibility index (Phi) is 4.62. The second kappa shape index (κ2) is 6.04. The molecule has 2 aromatic rings. The van der Waals surface area contributed by atoms with Gasteiger partial charge in [0.25, 0.3) is 0 Å². The van der Waals surface area contributed by atoms with Crippen molar-refractivity contribution in [2.45, 2.75) is 12.5 Å². The van der Waals surface area contributed by atoms with Crippen LogP contribution in [0.3, 0.4) is 0 Å². The highest BCUT2D eigenvalue weighted by Crippen LogP contribution is 2.28. The van der Waals surface area contributed by atoms with Crippen LogP contribution in [0.5, 0.6) is 0 Å². The summed E-state index contributed by atoms with van der Waals surface area (Å²) in [6, 6.07) is 2.38. The van der Waals surface area contributed by atoms with Gasteiger partial charge in [0.1, 0.15) is 17.5 Å². The third kappa shape index (κ3) is 3.36. The molecule has 0 radical (unpaired) electrons. The predicted octanol–water partition coefficient (Wildman–Crippen LogP) is 3.68. The van der Waals surface area contributed by atoms with Gasteiger partial charge in [-0.05, 0) is 22.0 Å². The molecule has 0 aliphatic heterocycles. The second-order valence-corrected chi connectivity index (χ2v) is 5.85. The Morgan fingerprint density at radius 2 is 1.84 bits per heavy atom. The lowest BCUT2D eigenvalue weighted by atomic mass is 10.0. The van der Waals surface area contributed by atoms with Gasteiger partial charge in [-0.15, -0.1) is 11.3 Å². The van der Waals surface area contributed by atoms with Crippen LogP contribution in [0.25, 0.3) is 0 Å². The minimum Gasteiger partial charge on any atom is -0.271 e. The Balaban J connectivity index is 2.32. The minimum absolute atomic E-state index is 0.256. The minimum atomic E-state index is -0.951. The summed E-state index contributed by atoms with van der Waals surface area (Å²) in [5.41, 5.74) is 2.11. The van der Waals surface area contributed by atoms with Gasteiger partial charge in [0.05, 0.1) is 6.04 Å². The number of hydrogen-bond acceptors (Lipinski definition) is 3. The lowest BCUT2D eigenvalue weighted by Crippen LogP contribution is -2.31. The van der Waals surface area contributed by atoms with Crippen molar-refractivity contribution in [3.05, 3.63) is 55.9 Å². The number of nitrogens with two attached hydrogens (primary N) is 1. The molecule has 3 N–H and O–H groups in total. The fourth-order valence-corrected chi connectivity index (χ4v) is 3.29. The molecule has 0 amide bonds. The van der Waals surface area contributed by atoms with E-state index in [2.05, 4.69) is 21.4 Å². The summed E-state index contributed by atoms with van der Waals surface area (Å²) in [5, 5.41) is 1.86. The lowest BCUT2D eigenvalue weighted by molar-refractivity contribution is 0.463. The second-order valence-electron chi connectivity index (χ2n) is 3.94. The van der Waals surface area contributed by atoms with E-state index in [1.54, 1.807) is 0 Å². The van der Waals surface area contributed by atoms with Crippen LogP contribution in [0.1, 0.15) is 16.5 Å². The molecule has 0 saturated heterocycles. The predicted molar refractivity (Wildman–Crippen MR) is 72.1 cm³/mol. The van der Waals surface area contributed by atoms with Gasteiger partial charge in [0.15, 0.2) is 0 Å². The molecule has 2 nitrogen and oxygen atoms in total. The first-order chi connectivity index (χ1) is 9.01. The first kappa shape index (κ1) is 14.5. The zero-order valence-electron chi connectivity index (χ0n) is 9.59. The van der Waals surface area contributed by atoms with Crippen molar-refractivity contribution in [1.82, 2.24) is 5.43 Å². The molecule has 19 heavy (non-hydrogen) atoms. The van der Waals surface area contributed by atoms with E-state index in [1.807, 2.05) is 11.4 Å². The summed E-state index contributed by atoms with van der Waals surface area (Å²) >= 11 is 4.74. The molecule has 1 aromatic heterocycles. The molecule has 0 aliphatic rings. The van der Waals surface area contributed by atoms with E-state index in [9.17, 15) is 13.2 Å². The highest BCUT2D eigenvalue weighted by molar-refractivity contribution is 9.10. The molecular formula is C12H10BrF3N2S. The topological polar surface area (TPSA) is 38.0 Å². The molecule has 7 heteroatoms. The lowest BCUT2D eigenvalue weighted by Gasteiger charge is -2.17. The maximum atomic E-state index is 13.7. The number of thiophene rings is 1. The summed E-state index contributed by atoms with van der Waals surface area (Å²) in [6.07, 6.45) is 0.312. The normalized spacial score (nSPS) is 12.7. The zero-order valence-corrected chi connectivity index (χ0v) is 12.0. The van der Waals surface area contributed by atoms with Crippen LogP contribution in [0.2, 0.25) is 0 Å². The van der Waals surface area contributed by atoms with Crippen LogP contribution >= 0.6 is 27.3 Å². The Bertz CT molecular complexity index is 565.